The summed E-state index contributed by atoms with van der Waals surface area (Å²) < 4.78 is 31.9. The molecule has 7 nitrogen and oxygen atoms in total. The van der Waals surface area contributed by atoms with Crippen LogP contribution < -0.4 is 5.32 Å². The third-order valence-electron chi connectivity index (χ3n) is 5.54. The number of nitrogens with zero attached hydrogens (tertiary/aromatic N) is 2. The van der Waals surface area contributed by atoms with Gasteiger partial charge in [-0.2, -0.15) is 4.31 Å². The molecule has 0 unspecified atom stereocenters. The predicted octanol–water partition coefficient (Wildman–Crippen LogP) is 1.56. The van der Waals surface area contributed by atoms with Crippen molar-refractivity contribution in [2.45, 2.75) is 31.1 Å². The first-order valence-corrected chi connectivity index (χ1v) is 11.6. The van der Waals surface area contributed by atoms with Crippen molar-refractivity contribution in [1.29, 1.82) is 0 Å². The van der Waals surface area contributed by atoms with E-state index in [0.717, 1.165) is 32.0 Å². The molecule has 0 saturated carbocycles. The monoisotopic (exact) mass is 409 g/mol. The molecule has 2 aliphatic heterocycles. The zero-order valence-electron chi connectivity index (χ0n) is 16.6. The van der Waals surface area contributed by atoms with Gasteiger partial charge in [0.2, 0.25) is 10.0 Å². The third-order valence-corrected chi connectivity index (χ3v) is 7.45. The average molecular weight is 410 g/mol. The van der Waals surface area contributed by atoms with E-state index in [4.69, 9.17) is 4.74 Å². The van der Waals surface area contributed by atoms with Crippen LogP contribution in [0.5, 0.6) is 0 Å². The Bertz CT molecular complexity index is 737. The molecule has 156 valence electrons. The predicted molar refractivity (Wildman–Crippen MR) is 108 cm³/mol. The first-order chi connectivity index (χ1) is 13.5. The van der Waals surface area contributed by atoms with E-state index in [2.05, 4.69) is 17.1 Å². The summed E-state index contributed by atoms with van der Waals surface area (Å²) in [5.74, 6) is 0.661. The van der Waals surface area contributed by atoms with E-state index in [1.54, 1.807) is 12.1 Å². The van der Waals surface area contributed by atoms with Gasteiger partial charge in [0.1, 0.15) is 0 Å². The molecule has 28 heavy (non-hydrogen) atoms. The minimum absolute atomic E-state index is 0.164. The van der Waals surface area contributed by atoms with Crippen LogP contribution in [0.4, 0.5) is 0 Å². The molecule has 1 N–H and O–H groups in total. The van der Waals surface area contributed by atoms with Crippen LogP contribution in [0.1, 0.15) is 36.5 Å². The fourth-order valence-corrected chi connectivity index (χ4v) is 5.01. The average Bonchev–Trinajstić information content (AvgIpc) is 2.73. The maximum Gasteiger partial charge on any atom is 0.251 e. The standard InChI is InChI=1S/C20H31N3O4S/c1-17-7-11-22(12-8-17)10-2-9-21-20(24)18-3-5-19(6-4-18)28(25,26)23-13-15-27-16-14-23/h3-6,17H,2,7-16H2,1H3,(H,21,24). The van der Waals surface area contributed by atoms with Crippen molar-refractivity contribution in [3.63, 3.8) is 0 Å². The number of morpholine rings is 1. The Morgan fingerprint density at radius 3 is 2.39 bits per heavy atom. The van der Waals surface area contributed by atoms with Crippen LogP contribution in [-0.2, 0) is 14.8 Å². The van der Waals surface area contributed by atoms with Gasteiger partial charge in [-0.15, -0.1) is 0 Å². The summed E-state index contributed by atoms with van der Waals surface area (Å²) in [6.07, 6.45) is 3.43. The number of hydrogen-bond donors (Lipinski definition) is 1. The lowest BCUT2D eigenvalue weighted by Crippen LogP contribution is -2.40. The van der Waals surface area contributed by atoms with Crippen LogP contribution >= 0.6 is 0 Å². The highest BCUT2D eigenvalue weighted by Gasteiger charge is 2.26. The van der Waals surface area contributed by atoms with Gasteiger partial charge in [-0.05, 0) is 69.1 Å². The summed E-state index contributed by atoms with van der Waals surface area (Å²) in [5, 5.41) is 2.93. The lowest BCUT2D eigenvalue weighted by molar-refractivity contribution is 0.0730. The first-order valence-electron chi connectivity index (χ1n) is 10.2. The van der Waals surface area contributed by atoms with Crippen molar-refractivity contribution in [3.8, 4) is 0 Å². The smallest absolute Gasteiger partial charge is 0.251 e. The summed E-state index contributed by atoms with van der Waals surface area (Å²) in [6, 6.07) is 6.17. The van der Waals surface area contributed by atoms with Crippen molar-refractivity contribution in [2.75, 3.05) is 52.5 Å². The summed E-state index contributed by atoms with van der Waals surface area (Å²) in [6.45, 7) is 7.77. The van der Waals surface area contributed by atoms with Crippen LogP contribution in [0.2, 0.25) is 0 Å². The second-order valence-corrected chi connectivity index (χ2v) is 9.61. The van der Waals surface area contributed by atoms with Crippen molar-refractivity contribution in [3.05, 3.63) is 29.8 Å². The van der Waals surface area contributed by atoms with E-state index >= 15 is 0 Å². The van der Waals surface area contributed by atoms with Crippen molar-refractivity contribution < 1.29 is 17.9 Å². The Hall–Kier alpha value is -1.48. The van der Waals surface area contributed by atoms with Crippen molar-refractivity contribution in [1.82, 2.24) is 14.5 Å². The summed E-state index contributed by atoms with van der Waals surface area (Å²) in [5.41, 5.74) is 0.479. The third kappa shape index (κ3) is 5.53. The highest BCUT2D eigenvalue weighted by Crippen LogP contribution is 2.18. The van der Waals surface area contributed by atoms with E-state index in [-0.39, 0.29) is 10.8 Å². The fourth-order valence-electron chi connectivity index (χ4n) is 3.61. The van der Waals surface area contributed by atoms with Crippen molar-refractivity contribution in [2.24, 2.45) is 5.92 Å². The fraction of sp³-hybridized carbons (Fsp3) is 0.650. The number of carbonyl (C=O) groups excluding carboxylic acids is 1. The minimum atomic E-state index is -3.53. The van der Waals surface area contributed by atoms with Gasteiger partial charge in [0.25, 0.3) is 5.91 Å². The lowest BCUT2D eigenvalue weighted by atomic mass is 9.99. The summed E-state index contributed by atoms with van der Waals surface area (Å²) in [4.78, 5) is 15.0. The molecule has 2 heterocycles. The number of nitrogens with one attached hydrogen (secondary N) is 1. The molecule has 0 aliphatic carbocycles. The molecule has 2 aliphatic rings. The van der Waals surface area contributed by atoms with Crippen molar-refractivity contribution >= 4 is 15.9 Å². The molecule has 0 bridgehead atoms. The SMILES string of the molecule is CC1CCN(CCCNC(=O)c2ccc(S(=O)(=O)N3CCOCC3)cc2)CC1. The van der Waals surface area contributed by atoms with Crippen LogP contribution in [-0.4, -0.2) is 76.0 Å². The number of hydrogen-bond acceptors (Lipinski definition) is 5. The maximum atomic E-state index is 12.6. The summed E-state index contributed by atoms with van der Waals surface area (Å²) in [7, 11) is -3.53. The molecule has 8 heteroatoms. The number of carbonyl (C=O) groups is 1. The molecule has 0 aromatic heterocycles. The van der Waals surface area contributed by atoms with E-state index in [1.807, 2.05) is 0 Å². The number of rotatable bonds is 7. The highest BCUT2D eigenvalue weighted by atomic mass is 32.2. The Morgan fingerprint density at radius 1 is 1.11 bits per heavy atom. The molecule has 0 spiro atoms. The Morgan fingerprint density at radius 2 is 1.75 bits per heavy atom. The van der Waals surface area contributed by atoms with Gasteiger partial charge >= 0.3 is 0 Å². The minimum Gasteiger partial charge on any atom is -0.379 e. The highest BCUT2D eigenvalue weighted by molar-refractivity contribution is 7.89. The molecule has 3 rings (SSSR count). The Balaban J connectivity index is 1.45. The molecular formula is C20H31N3O4S. The second kappa shape index (κ2) is 9.82. The second-order valence-electron chi connectivity index (χ2n) is 7.67. The van der Waals surface area contributed by atoms with Gasteiger partial charge in [0, 0.05) is 25.2 Å². The zero-order valence-corrected chi connectivity index (χ0v) is 17.4. The van der Waals surface area contributed by atoms with Gasteiger partial charge < -0.3 is 15.0 Å². The molecule has 0 radical (unpaired) electrons. The molecule has 0 atom stereocenters. The first kappa shape index (κ1) is 21.2. The van der Waals surface area contributed by atoms with E-state index < -0.39 is 10.0 Å². The molecule has 1 aromatic carbocycles. The van der Waals surface area contributed by atoms with E-state index in [0.29, 0.717) is 38.4 Å². The number of ether oxygens (including phenoxy) is 1. The number of benzene rings is 1. The normalized spacial score (nSPS) is 20.2. The molecule has 2 saturated heterocycles. The van der Waals surface area contributed by atoms with Crippen LogP contribution in [0.15, 0.2) is 29.2 Å². The number of likely N-dealkylation sites (tertiary alicyclic amines) is 1. The van der Waals surface area contributed by atoms with Gasteiger partial charge in [-0.1, -0.05) is 6.92 Å². The zero-order chi connectivity index (χ0) is 20.0. The quantitative estimate of drug-likeness (QED) is 0.692. The molecule has 2 fully saturated rings. The van der Waals surface area contributed by atoms with Crippen LogP contribution in [0, 0.1) is 5.92 Å². The van der Waals surface area contributed by atoms with E-state index in [9.17, 15) is 13.2 Å². The van der Waals surface area contributed by atoms with Crippen LogP contribution in [0.3, 0.4) is 0 Å². The molecule has 1 amide bonds. The largest absolute Gasteiger partial charge is 0.379 e. The topological polar surface area (TPSA) is 79.0 Å². The Labute approximate surface area is 168 Å². The number of amides is 1. The Kier molecular flexibility index (Phi) is 7.45. The van der Waals surface area contributed by atoms with Gasteiger partial charge in [0.05, 0.1) is 18.1 Å². The van der Waals surface area contributed by atoms with Gasteiger partial charge in [0.15, 0.2) is 0 Å². The number of piperidine rings is 1. The molecule has 1 aromatic rings. The maximum absolute atomic E-state index is 12.6. The number of sulfonamides is 1. The van der Waals surface area contributed by atoms with Gasteiger partial charge in [-0.25, -0.2) is 8.42 Å². The van der Waals surface area contributed by atoms with Gasteiger partial charge in [-0.3, -0.25) is 4.79 Å². The van der Waals surface area contributed by atoms with E-state index in [1.165, 1.54) is 29.3 Å². The lowest BCUT2D eigenvalue weighted by Gasteiger charge is -2.30. The summed E-state index contributed by atoms with van der Waals surface area (Å²) >= 11 is 0. The molecular weight excluding hydrogens is 378 g/mol. The van der Waals surface area contributed by atoms with Crippen LogP contribution in [0.25, 0.3) is 0 Å².